The van der Waals surface area contributed by atoms with Crippen molar-refractivity contribution in [1.82, 2.24) is 14.9 Å². The number of hydrogen-bond donors (Lipinski definition) is 2. The second-order valence-corrected chi connectivity index (χ2v) is 9.96. The van der Waals surface area contributed by atoms with E-state index in [1.807, 2.05) is 38.1 Å². The lowest BCUT2D eigenvalue weighted by Crippen LogP contribution is -2.43. The Morgan fingerprint density at radius 2 is 1.75 bits per heavy atom. The summed E-state index contributed by atoms with van der Waals surface area (Å²) in [5, 5.41) is 3.69. The Hall–Kier alpha value is -3.13. The second-order valence-electron chi connectivity index (χ2n) is 9.58. The first-order chi connectivity index (χ1) is 17.3. The van der Waals surface area contributed by atoms with Crippen LogP contribution in [0.15, 0.2) is 41.2 Å². The molecule has 0 spiro atoms. The number of carbonyl (C=O) groups excluding carboxylic acids is 1. The smallest absolute Gasteiger partial charge is 0.262 e. The Morgan fingerprint density at radius 3 is 2.42 bits per heavy atom. The molecule has 1 aromatic heterocycles. The van der Waals surface area contributed by atoms with Crippen molar-refractivity contribution in [1.29, 1.82) is 0 Å². The number of fused-ring (bicyclic) bond motifs is 1. The van der Waals surface area contributed by atoms with Crippen LogP contribution in [0.25, 0.3) is 10.9 Å². The van der Waals surface area contributed by atoms with Crippen molar-refractivity contribution in [3.05, 3.63) is 62.6 Å². The third-order valence-electron chi connectivity index (χ3n) is 7.23. The number of hydrogen-bond acceptors (Lipinski definition) is 5. The van der Waals surface area contributed by atoms with Gasteiger partial charge in [0.25, 0.3) is 11.5 Å². The predicted molar refractivity (Wildman–Crippen MR) is 145 cm³/mol. The van der Waals surface area contributed by atoms with Gasteiger partial charge >= 0.3 is 0 Å². The van der Waals surface area contributed by atoms with E-state index in [1.165, 1.54) is 11.0 Å². The lowest BCUT2D eigenvalue weighted by molar-refractivity contribution is 0.0891. The molecule has 1 amide bonds. The van der Waals surface area contributed by atoms with E-state index in [2.05, 4.69) is 24.1 Å². The van der Waals surface area contributed by atoms with Gasteiger partial charge in [0.2, 0.25) is 0 Å². The fraction of sp³-hybridized carbons (Fsp3) is 0.464. The normalized spacial score (nSPS) is 19.7. The molecule has 0 radical (unpaired) electrons. The van der Waals surface area contributed by atoms with Crippen LogP contribution in [0.1, 0.15) is 62.9 Å². The summed E-state index contributed by atoms with van der Waals surface area (Å²) in [6.45, 7) is 9.49. The van der Waals surface area contributed by atoms with Crippen LogP contribution in [0, 0.1) is 16.6 Å². The zero-order valence-corrected chi connectivity index (χ0v) is 22.2. The summed E-state index contributed by atoms with van der Waals surface area (Å²) in [6.07, 6.45) is 3.39. The van der Waals surface area contributed by atoms with Crippen LogP contribution in [-0.4, -0.2) is 34.7 Å². The topological polar surface area (TPSA) is 85.4 Å². The van der Waals surface area contributed by atoms with Crippen LogP contribution in [0.5, 0.6) is 11.5 Å². The highest BCUT2D eigenvalue weighted by Gasteiger charge is 2.28. The summed E-state index contributed by atoms with van der Waals surface area (Å²) >= 11 is 5.51. The molecule has 7 nitrogen and oxygen atoms in total. The molecule has 1 fully saturated rings. The number of aromatic nitrogens is 2. The van der Waals surface area contributed by atoms with E-state index in [4.69, 9.17) is 21.7 Å². The highest BCUT2D eigenvalue weighted by Crippen LogP contribution is 2.31. The van der Waals surface area contributed by atoms with Crippen LogP contribution >= 0.6 is 12.2 Å². The van der Waals surface area contributed by atoms with E-state index in [1.54, 1.807) is 12.1 Å². The van der Waals surface area contributed by atoms with E-state index >= 15 is 0 Å². The van der Waals surface area contributed by atoms with Crippen LogP contribution in [0.4, 0.5) is 0 Å². The summed E-state index contributed by atoms with van der Waals surface area (Å²) in [7, 11) is 0. The zero-order chi connectivity index (χ0) is 25.8. The number of ether oxygens (including phenoxy) is 2. The fourth-order valence-electron chi connectivity index (χ4n) is 4.92. The van der Waals surface area contributed by atoms with Gasteiger partial charge in [0.1, 0.15) is 0 Å². The molecule has 0 saturated heterocycles. The van der Waals surface area contributed by atoms with Crippen molar-refractivity contribution in [3.8, 4) is 11.5 Å². The SMILES string of the molecule is CCOc1cc2[nH]c(=S)n(Cc3ccc(C(=O)N[C@@H]4CCC[C@@H](C)[C@@H]4C)cc3)c(=O)c2cc1OCC. The van der Waals surface area contributed by atoms with Crippen LogP contribution in [0.2, 0.25) is 0 Å². The van der Waals surface area contributed by atoms with E-state index in [0.29, 0.717) is 64.3 Å². The zero-order valence-electron chi connectivity index (χ0n) is 21.4. The van der Waals surface area contributed by atoms with Gasteiger partial charge in [-0.1, -0.05) is 38.8 Å². The molecule has 1 aliphatic carbocycles. The molecule has 8 heteroatoms. The minimum Gasteiger partial charge on any atom is -0.490 e. The van der Waals surface area contributed by atoms with Crippen molar-refractivity contribution < 1.29 is 14.3 Å². The molecular weight excluding hydrogens is 474 g/mol. The summed E-state index contributed by atoms with van der Waals surface area (Å²) in [5.41, 5.74) is 1.89. The number of H-pyrrole nitrogens is 1. The molecule has 3 atom stereocenters. The molecule has 4 rings (SSSR count). The minimum absolute atomic E-state index is 0.0544. The lowest BCUT2D eigenvalue weighted by atomic mass is 9.78. The van der Waals surface area contributed by atoms with Gasteiger partial charge in [0.05, 0.1) is 30.7 Å². The first-order valence-corrected chi connectivity index (χ1v) is 13.2. The van der Waals surface area contributed by atoms with Crippen molar-refractivity contribution in [3.63, 3.8) is 0 Å². The minimum atomic E-state index is -0.208. The van der Waals surface area contributed by atoms with Gasteiger partial charge < -0.3 is 19.8 Å². The molecule has 36 heavy (non-hydrogen) atoms. The molecule has 1 aliphatic rings. The third-order valence-corrected chi connectivity index (χ3v) is 7.55. The standard InChI is InChI=1S/C28H35N3O4S/c1-5-34-24-14-21-23(15-25(24)35-6-2)30-28(36)31(27(21)33)16-19-10-12-20(13-11-19)26(32)29-22-9-7-8-17(3)18(22)4/h10-15,17-18,22H,5-9,16H2,1-4H3,(H,29,32)(H,30,36)/t17-,18+,22-/m1/s1. The summed E-state index contributed by atoms with van der Waals surface area (Å²) in [6, 6.07) is 11.0. The van der Waals surface area contributed by atoms with E-state index < -0.39 is 0 Å². The monoisotopic (exact) mass is 509 g/mol. The summed E-state index contributed by atoms with van der Waals surface area (Å²) in [4.78, 5) is 29.3. The van der Waals surface area contributed by atoms with Gasteiger partial charge in [-0.15, -0.1) is 0 Å². The maximum Gasteiger partial charge on any atom is 0.262 e. The van der Waals surface area contributed by atoms with Gasteiger partial charge in [0, 0.05) is 17.7 Å². The Kier molecular flexibility index (Phi) is 8.14. The van der Waals surface area contributed by atoms with Crippen LogP contribution < -0.4 is 20.3 Å². The molecule has 2 N–H and O–H groups in total. The number of benzene rings is 2. The van der Waals surface area contributed by atoms with E-state index in [0.717, 1.165) is 18.4 Å². The number of nitrogens with one attached hydrogen (secondary N) is 2. The molecular formula is C28H35N3O4S. The first kappa shape index (κ1) is 25.9. The first-order valence-electron chi connectivity index (χ1n) is 12.8. The average Bonchev–Trinajstić information content (AvgIpc) is 2.86. The molecule has 3 aromatic rings. The number of amides is 1. The summed E-state index contributed by atoms with van der Waals surface area (Å²) < 4.78 is 13.2. The van der Waals surface area contributed by atoms with Gasteiger partial charge in [-0.2, -0.15) is 0 Å². The number of nitrogens with zero attached hydrogens (tertiary/aromatic N) is 1. The molecule has 0 aliphatic heterocycles. The van der Waals surface area contributed by atoms with Crippen molar-refractivity contribution in [2.45, 2.75) is 59.5 Å². The number of rotatable bonds is 8. The quantitative estimate of drug-likeness (QED) is 0.394. The molecule has 0 bridgehead atoms. The van der Waals surface area contributed by atoms with Crippen LogP contribution in [-0.2, 0) is 6.54 Å². The van der Waals surface area contributed by atoms with Crippen molar-refractivity contribution >= 4 is 29.0 Å². The Balaban J connectivity index is 1.56. The largest absolute Gasteiger partial charge is 0.490 e. The predicted octanol–water partition coefficient (Wildman–Crippen LogP) is 5.46. The van der Waals surface area contributed by atoms with Crippen molar-refractivity contribution in [2.24, 2.45) is 11.8 Å². The van der Waals surface area contributed by atoms with Crippen LogP contribution in [0.3, 0.4) is 0 Å². The average molecular weight is 510 g/mol. The Morgan fingerprint density at radius 1 is 1.08 bits per heavy atom. The van der Waals surface area contributed by atoms with Gasteiger partial charge in [0.15, 0.2) is 16.3 Å². The Labute approximate surface area is 216 Å². The molecule has 192 valence electrons. The maximum atomic E-state index is 13.3. The lowest BCUT2D eigenvalue weighted by Gasteiger charge is -2.34. The van der Waals surface area contributed by atoms with E-state index in [9.17, 15) is 9.59 Å². The van der Waals surface area contributed by atoms with Gasteiger partial charge in [-0.3, -0.25) is 14.2 Å². The number of carbonyl (C=O) groups is 1. The number of aromatic amines is 1. The highest BCUT2D eigenvalue weighted by molar-refractivity contribution is 7.71. The third kappa shape index (κ3) is 5.48. The van der Waals surface area contributed by atoms with E-state index in [-0.39, 0.29) is 17.5 Å². The fourth-order valence-corrected chi connectivity index (χ4v) is 5.18. The van der Waals surface area contributed by atoms with Gasteiger partial charge in [-0.25, -0.2) is 0 Å². The Bertz CT molecular complexity index is 1350. The van der Waals surface area contributed by atoms with Crippen molar-refractivity contribution in [2.75, 3.05) is 13.2 Å². The summed E-state index contributed by atoms with van der Waals surface area (Å²) in [5.74, 6) is 2.13. The molecule has 1 saturated carbocycles. The maximum absolute atomic E-state index is 13.3. The molecule has 0 unspecified atom stereocenters. The highest BCUT2D eigenvalue weighted by atomic mass is 32.1. The van der Waals surface area contributed by atoms with Gasteiger partial charge in [-0.05, 0) is 68.1 Å². The molecule has 1 heterocycles. The molecule has 2 aromatic carbocycles. The second kappa shape index (κ2) is 11.3.